The van der Waals surface area contributed by atoms with Crippen molar-refractivity contribution in [1.82, 2.24) is 5.43 Å². The van der Waals surface area contributed by atoms with Crippen LogP contribution >= 0.6 is 11.3 Å². The van der Waals surface area contributed by atoms with E-state index in [0.717, 1.165) is 10.6 Å². The highest BCUT2D eigenvalue weighted by atomic mass is 32.1. The van der Waals surface area contributed by atoms with Gasteiger partial charge in [0.15, 0.2) is 0 Å². The summed E-state index contributed by atoms with van der Waals surface area (Å²) in [5, 5.41) is 3.81. The predicted molar refractivity (Wildman–Crippen MR) is 54.0 cm³/mol. The summed E-state index contributed by atoms with van der Waals surface area (Å²) in [4.78, 5) is 12.6. The first-order valence-corrected chi connectivity index (χ1v) is 4.58. The molecule has 13 heavy (non-hydrogen) atoms. The first-order chi connectivity index (χ1) is 6.09. The number of amides is 2. The van der Waals surface area contributed by atoms with Crippen LogP contribution in [0.15, 0.2) is 17.2 Å². The van der Waals surface area contributed by atoms with Gasteiger partial charge in [-0.25, -0.2) is 10.2 Å². The van der Waals surface area contributed by atoms with Crippen LogP contribution in [-0.4, -0.2) is 11.7 Å². The lowest BCUT2D eigenvalue weighted by Crippen LogP contribution is -2.25. The highest BCUT2D eigenvalue weighted by molar-refractivity contribution is 7.14. The van der Waals surface area contributed by atoms with Crippen LogP contribution in [0.5, 0.6) is 0 Å². The molecule has 0 unspecified atom stereocenters. The Morgan fingerprint density at radius 3 is 2.77 bits per heavy atom. The number of urea groups is 1. The van der Waals surface area contributed by atoms with Crippen molar-refractivity contribution in [2.24, 2.45) is 10.8 Å². The van der Waals surface area contributed by atoms with Crippen molar-refractivity contribution in [3.8, 4) is 0 Å². The predicted octanol–water partition coefficient (Wildman–Crippen LogP) is 1.45. The Morgan fingerprint density at radius 2 is 2.31 bits per heavy atom. The fourth-order valence-electron chi connectivity index (χ4n) is 0.823. The summed E-state index contributed by atoms with van der Waals surface area (Å²) < 4.78 is 0. The molecule has 0 aliphatic heterocycles. The minimum Gasteiger partial charge on any atom is -0.350 e. The third kappa shape index (κ3) is 2.87. The molecule has 1 aromatic heterocycles. The van der Waals surface area contributed by atoms with Gasteiger partial charge >= 0.3 is 6.03 Å². The van der Waals surface area contributed by atoms with E-state index >= 15 is 0 Å². The van der Waals surface area contributed by atoms with Crippen LogP contribution in [0.2, 0.25) is 0 Å². The van der Waals surface area contributed by atoms with Gasteiger partial charge < -0.3 is 5.73 Å². The van der Waals surface area contributed by atoms with Crippen molar-refractivity contribution in [3.05, 3.63) is 21.9 Å². The third-order valence-corrected chi connectivity index (χ3v) is 2.54. The molecule has 0 saturated carbocycles. The van der Waals surface area contributed by atoms with Gasteiger partial charge in [0, 0.05) is 4.88 Å². The van der Waals surface area contributed by atoms with Gasteiger partial charge in [-0.05, 0) is 26.0 Å². The molecule has 0 bridgehead atoms. The molecule has 0 aromatic carbocycles. The number of nitrogens with two attached hydrogens (primary N) is 1. The monoisotopic (exact) mass is 197 g/mol. The fourth-order valence-corrected chi connectivity index (χ4v) is 1.64. The maximum Gasteiger partial charge on any atom is 0.332 e. The van der Waals surface area contributed by atoms with E-state index in [1.54, 1.807) is 11.3 Å². The number of carbonyl (C=O) groups excluding carboxylic acids is 1. The topological polar surface area (TPSA) is 67.5 Å². The van der Waals surface area contributed by atoms with Crippen molar-refractivity contribution in [3.63, 3.8) is 0 Å². The van der Waals surface area contributed by atoms with E-state index in [4.69, 9.17) is 5.73 Å². The Kier molecular flexibility index (Phi) is 3.02. The first-order valence-electron chi connectivity index (χ1n) is 3.76. The zero-order valence-electron chi connectivity index (χ0n) is 7.50. The molecule has 1 heterocycles. The number of hydrogen-bond donors (Lipinski definition) is 2. The zero-order chi connectivity index (χ0) is 9.84. The summed E-state index contributed by atoms with van der Waals surface area (Å²) in [6.07, 6.45) is 0. The normalized spacial score (nSPS) is 11.4. The Hall–Kier alpha value is -1.36. The van der Waals surface area contributed by atoms with Crippen LogP contribution in [0, 0.1) is 6.92 Å². The van der Waals surface area contributed by atoms with E-state index in [1.165, 1.54) is 4.88 Å². The molecule has 0 spiro atoms. The van der Waals surface area contributed by atoms with E-state index < -0.39 is 6.03 Å². The molecule has 1 aromatic rings. The van der Waals surface area contributed by atoms with E-state index in [-0.39, 0.29) is 0 Å². The number of nitrogens with one attached hydrogen (secondary N) is 1. The highest BCUT2D eigenvalue weighted by Crippen LogP contribution is 2.15. The van der Waals surface area contributed by atoms with Crippen LogP contribution in [0.3, 0.4) is 0 Å². The number of aryl methyl sites for hydroxylation is 1. The van der Waals surface area contributed by atoms with Crippen LogP contribution in [0.25, 0.3) is 0 Å². The molecular formula is C8H11N3OS. The van der Waals surface area contributed by atoms with E-state index in [0.29, 0.717) is 0 Å². The third-order valence-electron chi connectivity index (χ3n) is 1.43. The van der Waals surface area contributed by atoms with Gasteiger partial charge in [0.25, 0.3) is 0 Å². The Balaban J connectivity index is 2.72. The minimum atomic E-state index is -0.646. The van der Waals surface area contributed by atoms with E-state index in [1.807, 2.05) is 26.0 Å². The van der Waals surface area contributed by atoms with Crippen LogP contribution in [0.4, 0.5) is 4.79 Å². The summed E-state index contributed by atoms with van der Waals surface area (Å²) >= 11 is 1.62. The second-order valence-corrected chi connectivity index (χ2v) is 3.87. The number of hydrogen-bond acceptors (Lipinski definition) is 3. The van der Waals surface area contributed by atoms with Crippen molar-refractivity contribution < 1.29 is 4.79 Å². The van der Waals surface area contributed by atoms with Crippen molar-refractivity contribution in [2.75, 3.05) is 0 Å². The van der Waals surface area contributed by atoms with Crippen molar-refractivity contribution in [2.45, 2.75) is 13.8 Å². The zero-order valence-corrected chi connectivity index (χ0v) is 8.31. The number of primary amides is 1. The summed E-state index contributed by atoms with van der Waals surface area (Å²) in [5.41, 5.74) is 7.82. The standard InChI is InChI=1S/C8H11N3OS/c1-5-3-4-7(13-5)6(2)10-11-8(9)12/h3-4H,1-2H3,(H3,9,11,12)/b10-6+. The number of carbonyl (C=O) groups is 1. The molecule has 0 radical (unpaired) electrons. The molecule has 4 nitrogen and oxygen atoms in total. The molecule has 0 aliphatic rings. The first kappa shape index (κ1) is 9.73. The fraction of sp³-hybridized carbons (Fsp3) is 0.250. The van der Waals surface area contributed by atoms with Crippen LogP contribution < -0.4 is 11.2 Å². The smallest absolute Gasteiger partial charge is 0.332 e. The molecule has 1 rings (SSSR count). The van der Waals surface area contributed by atoms with Gasteiger partial charge in [-0.15, -0.1) is 11.3 Å². The quantitative estimate of drug-likeness (QED) is 0.547. The lowest BCUT2D eigenvalue weighted by Gasteiger charge is -1.95. The molecule has 5 heteroatoms. The summed E-state index contributed by atoms with van der Waals surface area (Å²) in [7, 11) is 0. The lowest BCUT2D eigenvalue weighted by molar-refractivity contribution is 0.249. The van der Waals surface area contributed by atoms with Gasteiger partial charge in [0.2, 0.25) is 0 Å². The molecule has 70 valence electrons. The number of hydrazone groups is 1. The van der Waals surface area contributed by atoms with E-state index in [2.05, 4.69) is 10.5 Å². The van der Waals surface area contributed by atoms with Crippen molar-refractivity contribution in [1.29, 1.82) is 0 Å². The van der Waals surface area contributed by atoms with Gasteiger partial charge in [0.1, 0.15) is 0 Å². The average molecular weight is 197 g/mol. The second-order valence-electron chi connectivity index (χ2n) is 2.58. The molecule has 3 N–H and O–H groups in total. The molecular weight excluding hydrogens is 186 g/mol. The largest absolute Gasteiger partial charge is 0.350 e. The minimum absolute atomic E-state index is 0.646. The summed E-state index contributed by atoms with van der Waals surface area (Å²) in [6, 6.07) is 3.32. The Morgan fingerprint density at radius 1 is 1.62 bits per heavy atom. The molecule has 0 atom stereocenters. The average Bonchev–Trinajstić information content (AvgIpc) is 2.47. The van der Waals surface area contributed by atoms with Crippen LogP contribution in [-0.2, 0) is 0 Å². The number of rotatable bonds is 2. The van der Waals surface area contributed by atoms with E-state index in [9.17, 15) is 4.79 Å². The molecule has 0 aliphatic carbocycles. The number of nitrogens with zero attached hydrogens (tertiary/aromatic N) is 1. The van der Waals surface area contributed by atoms with Crippen molar-refractivity contribution >= 4 is 23.1 Å². The Labute approximate surface area is 80.4 Å². The highest BCUT2D eigenvalue weighted by Gasteiger charge is 2.00. The maximum atomic E-state index is 10.3. The van der Waals surface area contributed by atoms with Gasteiger partial charge in [0.05, 0.1) is 10.6 Å². The lowest BCUT2D eigenvalue weighted by atomic mass is 10.3. The van der Waals surface area contributed by atoms with Gasteiger partial charge in [-0.3, -0.25) is 0 Å². The summed E-state index contributed by atoms with van der Waals surface area (Å²) in [6.45, 7) is 3.84. The Bertz CT molecular complexity index is 343. The van der Waals surface area contributed by atoms with Crippen LogP contribution in [0.1, 0.15) is 16.7 Å². The molecule has 0 fully saturated rings. The van der Waals surface area contributed by atoms with Gasteiger partial charge in [-0.2, -0.15) is 5.10 Å². The summed E-state index contributed by atoms with van der Waals surface area (Å²) in [5.74, 6) is 0. The molecule has 2 amide bonds. The second kappa shape index (κ2) is 4.04. The maximum absolute atomic E-state index is 10.3. The molecule has 0 saturated heterocycles. The number of thiophene rings is 1. The van der Waals surface area contributed by atoms with Gasteiger partial charge in [-0.1, -0.05) is 0 Å². The SMILES string of the molecule is C/C(=N\NC(N)=O)c1ccc(C)s1.